The Morgan fingerprint density at radius 1 is 1.63 bits per heavy atom. The van der Waals surface area contributed by atoms with Crippen molar-refractivity contribution in [2.75, 3.05) is 11.9 Å². The van der Waals surface area contributed by atoms with Gasteiger partial charge in [-0.05, 0) is 35.2 Å². The molecule has 0 spiro atoms. The van der Waals surface area contributed by atoms with Gasteiger partial charge in [-0.2, -0.15) is 0 Å². The molecule has 0 aromatic carbocycles. The molecule has 1 aromatic heterocycles. The monoisotopic (exact) mass is 330 g/mol. The maximum Gasteiger partial charge on any atom is 0.288 e. The fraction of sp³-hybridized carbons (Fsp3) is 0.583. The lowest BCUT2D eigenvalue weighted by molar-refractivity contribution is -0.385. The van der Waals surface area contributed by atoms with Gasteiger partial charge in [0.05, 0.1) is 9.40 Å². The molecule has 19 heavy (non-hydrogen) atoms. The van der Waals surface area contributed by atoms with E-state index >= 15 is 0 Å². The highest BCUT2D eigenvalue weighted by Gasteiger charge is 2.25. The van der Waals surface area contributed by atoms with Crippen LogP contribution in [0, 0.1) is 16.0 Å². The SMILES string of the molecule is CC(C)CC(C)(CN)Nc1ncc([N+](=O)[O-])cc1Br. The molecule has 3 N–H and O–H groups in total. The number of nitro groups is 1. The third-order valence-corrected chi connectivity index (χ3v) is 3.37. The zero-order valence-electron chi connectivity index (χ0n) is 11.3. The molecule has 1 unspecified atom stereocenters. The molecular formula is C12H19BrN4O2. The van der Waals surface area contributed by atoms with Gasteiger partial charge in [0.15, 0.2) is 0 Å². The van der Waals surface area contributed by atoms with Crippen molar-refractivity contribution in [3.63, 3.8) is 0 Å². The van der Waals surface area contributed by atoms with Gasteiger partial charge in [-0.1, -0.05) is 13.8 Å². The molecule has 0 saturated carbocycles. The van der Waals surface area contributed by atoms with Crippen molar-refractivity contribution in [3.8, 4) is 0 Å². The van der Waals surface area contributed by atoms with Gasteiger partial charge in [0, 0.05) is 18.2 Å². The van der Waals surface area contributed by atoms with E-state index in [0.717, 1.165) is 6.42 Å². The second-order valence-corrected chi connectivity index (χ2v) is 6.12. The van der Waals surface area contributed by atoms with Gasteiger partial charge in [-0.25, -0.2) is 4.98 Å². The normalized spacial score (nSPS) is 14.2. The van der Waals surface area contributed by atoms with E-state index in [1.165, 1.54) is 12.3 Å². The Bertz CT molecular complexity index is 467. The van der Waals surface area contributed by atoms with Gasteiger partial charge in [0.1, 0.15) is 12.0 Å². The first-order valence-corrected chi connectivity index (χ1v) is 6.85. The van der Waals surface area contributed by atoms with Gasteiger partial charge in [-0.15, -0.1) is 0 Å². The van der Waals surface area contributed by atoms with E-state index in [9.17, 15) is 10.1 Å². The summed E-state index contributed by atoms with van der Waals surface area (Å²) in [7, 11) is 0. The topological polar surface area (TPSA) is 94.1 Å². The molecule has 1 rings (SSSR count). The van der Waals surface area contributed by atoms with Crippen LogP contribution in [0.1, 0.15) is 27.2 Å². The van der Waals surface area contributed by atoms with E-state index < -0.39 is 4.92 Å². The van der Waals surface area contributed by atoms with Crippen LogP contribution in [0.2, 0.25) is 0 Å². The highest BCUT2D eigenvalue weighted by Crippen LogP contribution is 2.28. The first-order valence-electron chi connectivity index (χ1n) is 6.05. The summed E-state index contributed by atoms with van der Waals surface area (Å²) in [6, 6.07) is 1.43. The van der Waals surface area contributed by atoms with Crippen molar-refractivity contribution in [2.24, 2.45) is 11.7 Å². The lowest BCUT2D eigenvalue weighted by Gasteiger charge is -2.32. The van der Waals surface area contributed by atoms with Crippen LogP contribution in [0.5, 0.6) is 0 Å². The highest BCUT2D eigenvalue weighted by molar-refractivity contribution is 9.10. The van der Waals surface area contributed by atoms with E-state index in [1.54, 1.807) is 0 Å². The van der Waals surface area contributed by atoms with Crippen LogP contribution >= 0.6 is 15.9 Å². The van der Waals surface area contributed by atoms with Crippen molar-refractivity contribution < 1.29 is 4.92 Å². The van der Waals surface area contributed by atoms with Crippen LogP contribution in [0.15, 0.2) is 16.7 Å². The summed E-state index contributed by atoms with van der Waals surface area (Å²) in [6.45, 7) is 6.71. The van der Waals surface area contributed by atoms with Gasteiger partial charge >= 0.3 is 0 Å². The van der Waals surface area contributed by atoms with Crippen molar-refractivity contribution in [3.05, 3.63) is 26.9 Å². The number of aromatic nitrogens is 1. The predicted octanol–water partition coefficient (Wildman–Crippen LogP) is 2.93. The summed E-state index contributed by atoms with van der Waals surface area (Å²) in [4.78, 5) is 14.3. The second kappa shape index (κ2) is 6.29. The second-order valence-electron chi connectivity index (χ2n) is 5.27. The molecule has 0 fully saturated rings. The summed E-state index contributed by atoms with van der Waals surface area (Å²) < 4.78 is 0.560. The smallest absolute Gasteiger partial charge is 0.288 e. The molecule has 0 radical (unpaired) electrons. The fourth-order valence-electron chi connectivity index (χ4n) is 1.99. The number of hydrogen-bond acceptors (Lipinski definition) is 5. The predicted molar refractivity (Wildman–Crippen MR) is 79.1 cm³/mol. The molecule has 1 heterocycles. The minimum absolute atomic E-state index is 0.0456. The summed E-state index contributed by atoms with van der Waals surface area (Å²) in [5.74, 6) is 1.05. The van der Waals surface area contributed by atoms with E-state index in [2.05, 4.69) is 40.1 Å². The van der Waals surface area contributed by atoms with Crippen LogP contribution in [-0.4, -0.2) is 22.0 Å². The summed E-state index contributed by atoms with van der Waals surface area (Å²) in [5, 5.41) is 13.9. The molecule has 0 aliphatic carbocycles. The Kier molecular flexibility index (Phi) is 5.25. The highest BCUT2D eigenvalue weighted by atomic mass is 79.9. The van der Waals surface area contributed by atoms with Gasteiger partial charge in [0.25, 0.3) is 5.69 Å². The average molecular weight is 331 g/mol. The number of nitrogens with two attached hydrogens (primary N) is 1. The molecule has 106 valence electrons. The molecule has 0 aliphatic heterocycles. The number of halogens is 1. The number of pyridine rings is 1. The Balaban J connectivity index is 2.95. The zero-order valence-corrected chi connectivity index (χ0v) is 12.9. The van der Waals surface area contributed by atoms with Gasteiger partial charge < -0.3 is 11.1 Å². The molecule has 0 amide bonds. The van der Waals surface area contributed by atoms with E-state index in [0.29, 0.717) is 22.8 Å². The van der Waals surface area contributed by atoms with Crippen molar-refractivity contribution >= 4 is 27.4 Å². The van der Waals surface area contributed by atoms with Crippen molar-refractivity contribution in [1.82, 2.24) is 4.98 Å². The minimum atomic E-state index is -0.474. The molecule has 6 nitrogen and oxygen atoms in total. The molecule has 1 atom stereocenters. The maximum atomic E-state index is 10.7. The van der Waals surface area contributed by atoms with Crippen LogP contribution < -0.4 is 11.1 Å². The molecule has 7 heteroatoms. The van der Waals surface area contributed by atoms with Crippen molar-refractivity contribution in [2.45, 2.75) is 32.7 Å². The number of nitrogens with one attached hydrogen (secondary N) is 1. The van der Waals surface area contributed by atoms with Crippen LogP contribution in [0.25, 0.3) is 0 Å². The number of hydrogen-bond donors (Lipinski definition) is 2. The van der Waals surface area contributed by atoms with Gasteiger partial charge in [-0.3, -0.25) is 10.1 Å². The van der Waals surface area contributed by atoms with E-state index in [1.807, 2.05) is 6.92 Å². The molecule has 1 aromatic rings. The lowest BCUT2D eigenvalue weighted by Crippen LogP contribution is -2.44. The standard InChI is InChI=1S/C12H19BrN4O2/c1-8(2)5-12(3,7-14)16-11-10(13)4-9(6-15-11)17(18)19/h4,6,8H,5,7,14H2,1-3H3,(H,15,16). The molecule has 0 saturated heterocycles. The number of nitrogens with zero attached hydrogens (tertiary/aromatic N) is 2. The molecule has 0 aliphatic rings. The van der Waals surface area contributed by atoms with E-state index in [4.69, 9.17) is 5.73 Å². The first-order chi connectivity index (χ1) is 8.77. The lowest BCUT2D eigenvalue weighted by atomic mass is 9.91. The summed E-state index contributed by atoms with van der Waals surface area (Å²) in [5.41, 5.74) is 5.48. The molecular weight excluding hydrogens is 312 g/mol. The molecule has 0 bridgehead atoms. The minimum Gasteiger partial charge on any atom is -0.363 e. The average Bonchev–Trinajstić information content (AvgIpc) is 2.30. The van der Waals surface area contributed by atoms with Gasteiger partial charge in [0.2, 0.25) is 0 Å². The zero-order chi connectivity index (χ0) is 14.6. The summed E-state index contributed by atoms with van der Waals surface area (Å²) >= 11 is 3.29. The van der Waals surface area contributed by atoms with Crippen LogP contribution in [-0.2, 0) is 0 Å². The van der Waals surface area contributed by atoms with Crippen LogP contribution in [0.3, 0.4) is 0 Å². The third-order valence-electron chi connectivity index (χ3n) is 2.77. The quantitative estimate of drug-likeness (QED) is 0.617. The van der Waals surface area contributed by atoms with E-state index in [-0.39, 0.29) is 11.2 Å². The first kappa shape index (κ1) is 15.8. The number of rotatable bonds is 6. The van der Waals surface area contributed by atoms with Crippen LogP contribution in [0.4, 0.5) is 11.5 Å². The Hall–Kier alpha value is -1.21. The Labute approximate surface area is 121 Å². The third kappa shape index (κ3) is 4.43. The maximum absolute atomic E-state index is 10.7. The summed E-state index contributed by atoms with van der Waals surface area (Å²) in [6.07, 6.45) is 2.12. The largest absolute Gasteiger partial charge is 0.363 e. The fourth-order valence-corrected chi connectivity index (χ4v) is 2.43. The Morgan fingerprint density at radius 2 is 2.26 bits per heavy atom. The van der Waals surface area contributed by atoms with Crippen molar-refractivity contribution in [1.29, 1.82) is 0 Å². The number of anilines is 1. The Morgan fingerprint density at radius 3 is 2.68 bits per heavy atom.